The number of halogens is 2. The number of benzene rings is 1. The summed E-state index contributed by atoms with van der Waals surface area (Å²) in [4.78, 5) is 12.2. The first kappa shape index (κ1) is 15.3. The number of hydrogen-bond acceptors (Lipinski definition) is 3. The molecule has 0 heterocycles. The number of amides is 1. The molecule has 0 radical (unpaired) electrons. The molecular formula is C14H15BrClNO3S. The van der Waals surface area contributed by atoms with Gasteiger partial charge in [0.1, 0.15) is 0 Å². The topological polar surface area (TPSA) is 63.2 Å². The van der Waals surface area contributed by atoms with E-state index < -0.39 is 9.05 Å². The Morgan fingerprint density at radius 1 is 1.38 bits per heavy atom. The van der Waals surface area contributed by atoms with Crippen molar-refractivity contribution in [3.63, 3.8) is 0 Å². The monoisotopic (exact) mass is 391 g/mol. The summed E-state index contributed by atoms with van der Waals surface area (Å²) in [5.41, 5.74) is 0.599. The first-order valence-corrected chi connectivity index (χ1v) is 9.94. The van der Waals surface area contributed by atoms with Crippen LogP contribution in [-0.2, 0) is 9.05 Å². The Labute approximate surface area is 136 Å². The van der Waals surface area contributed by atoms with Gasteiger partial charge in [-0.25, -0.2) is 8.42 Å². The van der Waals surface area contributed by atoms with Gasteiger partial charge in [0.15, 0.2) is 0 Å². The Hall–Kier alpha value is -0.590. The van der Waals surface area contributed by atoms with Crippen LogP contribution in [0.1, 0.15) is 36.0 Å². The Balaban J connectivity index is 1.74. The van der Waals surface area contributed by atoms with E-state index in [0.29, 0.717) is 22.0 Å². The summed E-state index contributed by atoms with van der Waals surface area (Å²) in [6.07, 6.45) is 4.88. The van der Waals surface area contributed by atoms with Crippen LogP contribution >= 0.6 is 26.6 Å². The summed E-state index contributed by atoms with van der Waals surface area (Å²) >= 11 is 3.28. The van der Waals surface area contributed by atoms with Crippen LogP contribution in [0, 0.1) is 11.3 Å². The molecule has 0 bridgehead atoms. The van der Waals surface area contributed by atoms with E-state index in [1.165, 1.54) is 43.9 Å². The quantitative estimate of drug-likeness (QED) is 0.782. The molecule has 1 aromatic carbocycles. The molecule has 0 saturated heterocycles. The third kappa shape index (κ3) is 3.27. The highest BCUT2D eigenvalue weighted by Gasteiger charge is 2.53. The van der Waals surface area contributed by atoms with Gasteiger partial charge in [-0.15, -0.1) is 0 Å². The molecule has 114 valence electrons. The highest BCUT2D eigenvalue weighted by Crippen LogP contribution is 2.60. The predicted molar refractivity (Wildman–Crippen MR) is 83.9 cm³/mol. The van der Waals surface area contributed by atoms with Crippen LogP contribution in [0.5, 0.6) is 0 Å². The molecule has 0 unspecified atom stereocenters. The van der Waals surface area contributed by atoms with Crippen LogP contribution in [0.2, 0.25) is 0 Å². The summed E-state index contributed by atoms with van der Waals surface area (Å²) in [6.45, 7) is 0.667. The zero-order valence-electron chi connectivity index (χ0n) is 11.2. The maximum Gasteiger partial charge on any atom is 0.261 e. The van der Waals surface area contributed by atoms with E-state index in [-0.39, 0.29) is 10.8 Å². The molecule has 4 nitrogen and oxygen atoms in total. The van der Waals surface area contributed by atoms with Crippen molar-refractivity contribution in [3.05, 3.63) is 28.2 Å². The molecule has 21 heavy (non-hydrogen) atoms. The minimum absolute atomic E-state index is 0.0687. The van der Waals surface area contributed by atoms with Gasteiger partial charge in [0, 0.05) is 21.7 Å². The predicted octanol–water partition coefficient (Wildman–Crippen LogP) is 3.30. The Kier molecular flexibility index (Phi) is 3.83. The van der Waals surface area contributed by atoms with Crippen molar-refractivity contribution in [2.24, 2.45) is 11.3 Å². The van der Waals surface area contributed by atoms with Gasteiger partial charge in [-0.1, -0.05) is 0 Å². The third-order valence-corrected chi connectivity index (χ3v) is 6.44. The lowest BCUT2D eigenvalue weighted by Crippen LogP contribution is -2.31. The molecule has 0 spiro atoms. The van der Waals surface area contributed by atoms with Crippen LogP contribution < -0.4 is 5.32 Å². The van der Waals surface area contributed by atoms with Crippen molar-refractivity contribution in [3.8, 4) is 0 Å². The molecule has 2 saturated carbocycles. The second-order valence-corrected chi connectivity index (χ2v) is 9.32. The van der Waals surface area contributed by atoms with Crippen LogP contribution in [0.3, 0.4) is 0 Å². The van der Waals surface area contributed by atoms with Gasteiger partial charge >= 0.3 is 0 Å². The first-order valence-electron chi connectivity index (χ1n) is 6.84. The molecule has 0 aromatic heterocycles. The van der Waals surface area contributed by atoms with Crippen molar-refractivity contribution in [1.29, 1.82) is 0 Å². The third-order valence-electron chi connectivity index (χ3n) is 4.40. The van der Waals surface area contributed by atoms with E-state index in [4.69, 9.17) is 10.7 Å². The highest BCUT2D eigenvalue weighted by molar-refractivity contribution is 9.10. The van der Waals surface area contributed by atoms with Crippen LogP contribution in [-0.4, -0.2) is 20.9 Å². The fraction of sp³-hybridized carbons (Fsp3) is 0.500. The summed E-state index contributed by atoms with van der Waals surface area (Å²) in [5, 5.41) is 2.94. The van der Waals surface area contributed by atoms with Crippen molar-refractivity contribution < 1.29 is 13.2 Å². The maximum absolute atomic E-state index is 12.3. The number of carbonyl (C=O) groups is 1. The molecular weight excluding hydrogens is 378 g/mol. The second kappa shape index (κ2) is 5.25. The van der Waals surface area contributed by atoms with E-state index >= 15 is 0 Å². The lowest BCUT2D eigenvalue weighted by Gasteiger charge is -2.15. The van der Waals surface area contributed by atoms with Crippen molar-refractivity contribution in [2.45, 2.75) is 30.6 Å². The standard InChI is InChI=1S/C14H15BrClNO3S/c15-12-4-3-10(21(16,19)20)7-11(12)13(18)17-8-14(5-6-14)9-1-2-9/h3-4,7,9H,1-2,5-6,8H2,(H,17,18). The Morgan fingerprint density at radius 2 is 2.05 bits per heavy atom. The summed E-state index contributed by atoms with van der Waals surface area (Å²) in [6, 6.07) is 4.20. The largest absolute Gasteiger partial charge is 0.351 e. The first-order chi connectivity index (χ1) is 9.82. The van der Waals surface area contributed by atoms with Gasteiger partial charge in [-0.05, 0) is 71.1 Å². The Bertz CT molecular complexity index is 696. The molecule has 0 aliphatic heterocycles. The van der Waals surface area contributed by atoms with Gasteiger partial charge in [0.2, 0.25) is 0 Å². The lowest BCUT2D eigenvalue weighted by molar-refractivity contribution is 0.0941. The Morgan fingerprint density at radius 3 is 2.57 bits per heavy atom. The number of rotatable bonds is 5. The van der Waals surface area contributed by atoms with Crippen molar-refractivity contribution in [2.75, 3.05) is 6.54 Å². The fourth-order valence-corrected chi connectivity index (χ4v) is 3.97. The molecule has 7 heteroatoms. The highest BCUT2D eigenvalue weighted by atomic mass is 79.9. The average Bonchev–Trinajstić information content (AvgIpc) is 3.25. The van der Waals surface area contributed by atoms with E-state index in [9.17, 15) is 13.2 Å². The normalized spacial score (nSPS) is 20.1. The minimum atomic E-state index is -3.84. The van der Waals surface area contributed by atoms with Gasteiger partial charge in [-0.3, -0.25) is 4.79 Å². The lowest BCUT2D eigenvalue weighted by atomic mass is 10.0. The number of hydrogen-bond donors (Lipinski definition) is 1. The summed E-state index contributed by atoms with van der Waals surface area (Å²) < 4.78 is 23.3. The van der Waals surface area contributed by atoms with Gasteiger partial charge < -0.3 is 5.32 Å². The molecule has 0 atom stereocenters. The summed E-state index contributed by atoms with van der Waals surface area (Å²) in [5.74, 6) is 0.492. The van der Waals surface area contributed by atoms with Crippen LogP contribution in [0.15, 0.2) is 27.6 Å². The SMILES string of the molecule is O=C(NCC1(C2CC2)CC1)c1cc(S(=O)(=O)Cl)ccc1Br. The minimum Gasteiger partial charge on any atom is -0.351 e. The van der Waals surface area contributed by atoms with Crippen LogP contribution in [0.25, 0.3) is 0 Å². The average molecular weight is 393 g/mol. The van der Waals surface area contributed by atoms with Gasteiger partial charge in [0.25, 0.3) is 15.0 Å². The number of nitrogens with one attached hydrogen (secondary N) is 1. The van der Waals surface area contributed by atoms with E-state index in [1.54, 1.807) is 0 Å². The van der Waals surface area contributed by atoms with Crippen molar-refractivity contribution in [1.82, 2.24) is 5.32 Å². The molecule has 2 aliphatic carbocycles. The van der Waals surface area contributed by atoms with Gasteiger partial charge in [-0.2, -0.15) is 0 Å². The molecule has 3 rings (SSSR count). The van der Waals surface area contributed by atoms with Crippen LogP contribution in [0.4, 0.5) is 0 Å². The zero-order valence-corrected chi connectivity index (χ0v) is 14.4. The zero-order chi connectivity index (χ0) is 15.3. The maximum atomic E-state index is 12.3. The van der Waals surface area contributed by atoms with Crippen molar-refractivity contribution >= 4 is 41.6 Å². The molecule has 2 fully saturated rings. The second-order valence-electron chi connectivity index (χ2n) is 5.90. The summed E-state index contributed by atoms with van der Waals surface area (Å²) in [7, 11) is 1.48. The van der Waals surface area contributed by atoms with E-state index in [0.717, 1.165) is 5.92 Å². The molecule has 1 N–H and O–H groups in total. The molecule has 2 aliphatic rings. The van der Waals surface area contributed by atoms with E-state index in [2.05, 4.69) is 21.2 Å². The smallest absolute Gasteiger partial charge is 0.261 e. The molecule has 1 amide bonds. The number of carbonyl (C=O) groups excluding carboxylic acids is 1. The van der Waals surface area contributed by atoms with Gasteiger partial charge in [0.05, 0.1) is 10.5 Å². The molecule has 1 aromatic rings. The van der Waals surface area contributed by atoms with E-state index in [1.807, 2.05) is 0 Å². The fourth-order valence-electron chi connectivity index (χ4n) is 2.77.